The second-order valence-corrected chi connectivity index (χ2v) is 6.07. The van der Waals surface area contributed by atoms with Crippen molar-refractivity contribution in [2.75, 3.05) is 6.61 Å². The van der Waals surface area contributed by atoms with E-state index in [2.05, 4.69) is 6.58 Å². The fourth-order valence-electron chi connectivity index (χ4n) is 2.91. The van der Waals surface area contributed by atoms with Gasteiger partial charge in [-0.1, -0.05) is 17.7 Å². The molecular weight excluding hydrogens is 328 g/mol. The molecule has 0 aliphatic heterocycles. The van der Waals surface area contributed by atoms with E-state index in [1.165, 1.54) is 0 Å². The van der Waals surface area contributed by atoms with E-state index in [1.807, 2.05) is 13.8 Å². The zero-order chi connectivity index (χ0) is 18.7. The summed E-state index contributed by atoms with van der Waals surface area (Å²) in [5.41, 5.74) is 1.80. The molecule has 8 nitrogen and oxygen atoms in total. The average molecular weight is 346 g/mol. The van der Waals surface area contributed by atoms with Crippen molar-refractivity contribution in [1.82, 2.24) is 0 Å². The molecule has 0 radical (unpaired) electrons. The number of allylic oxidation sites excluding steroid dienone is 2. The predicted molar refractivity (Wildman–Crippen MR) is 90.3 cm³/mol. The second kappa shape index (κ2) is 7.25. The number of ether oxygens (including phenoxy) is 1. The predicted octanol–water partition coefficient (Wildman–Crippen LogP) is 3.96. The summed E-state index contributed by atoms with van der Waals surface area (Å²) < 4.78 is 5.25. The summed E-state index contributed by atoms with van der Waals surface area (Å²) in [7, 11) is 0. The van der Waals surface area contributed by atoms with Crippen LogP contribution in [0.15, 0.2) is 41.5 Å². The second-order valence-electron chi connectivity index (χ2n) is 6.07. The largest absolute Gasteiger partial charge is 0.458 e. The molecule has 0 heterocycles. The molecule has 1 atom stereocenters. The smallest absolute Gasteiger partial charge is 0.338 e. The van der Waals surface area contributed by atoms with Crippen LogP contribution < -0.4 is 0 Å². The van der Waals surface area contributed by atoms with E-state index in [0.717, 1.165) is 47.8 Å². The van der Waals surface area contributed by atoms with Gasteiger partial charge in [-0.15, -0.1) is 0 Å². The summed E-state index contributed by atoms with van der Waals surface area (Å²) >= 11 is 0. The first-order chi connectivity index (χ1) is 11.7. The number of benzene rings is 1. The molecule has 132 valence electrons. The normalized spacial score (nSPS) is 16.6. The van der Waals surface area contributed by atoms with Gasteiger partial charge in [0, 0.05) is 18.1 Å². The van der Waals surface area contributed by atoms with Gasteiger partial charge in [-0.3, -0.25) is 20.2 Å². The summed E-state index contributed by atoms with van der Waals surface area (Å²) in [5, 5.41) is 21.8. The highest BCUT2D eigenvalue weighted by molar-refractivity contribution is 5.91. The van der Waals surface area contributed by atoms with Crippen LogP contribution in [0.1, 0.15) is 37.0 Å². The number of hydrogen-bond donors (Lipinski definition) is 0. The zero-order valence-corrected chi connectivity index (χ0v) is 14.0. The maximum Gasteiger partial charge on any atom is 0.338 e. The highest BCUT2D eigenvalue weighted by Gasteiger charge is 2.26. The third-order valence-corrected chi connectivity index (χ3v) is 4.29. The molecule has 1 aliphatic carbocycles. The van der Waals surface area contributed by atoms with E-state index in [9.17, 15) is 25.0 Å². The van der Waals surface area contributed by atoms with Crippen LogP contribution in [0, 0.1) is 26.1 Å². The quantitative estimate of drug-likeness (QED) is 0.333. The Morgan fingerprint density at radius 1 is 1.24 bits per heavy atom. The summed E-state index contributed by atoms with van der Waals surface area (Å²) in [4.78, 5) is 32.4. The van der Waals surface area contributed by atoms with Crippen molar-refractivity contribution in [3.05, 3.63) is 67.3 Å². The topological polar surface area (TPSA) is 113 Å². The lowest BCUT2D eigenvalue weighted by molar-refractivity contribution is -0.394. The van der Waals surface area contributed by atoms with Crippen molar-refractivity contribution in [3.63, 3.8) is 0 Å². The Kier molecular flexibility index (Phi) is 5.31. The van der Waals surface area contributed by atoms with Gasteiger partial charge < -0.3 is 4.74 Å². The first-order valence-corrected chi connectivity index (χ1v) is 7.65. The summed E-state index contributed by atoms with van der Waals surface area (Å²) in [5.74, 6) is -0.688. The average Bonchev–Trinajstić information content (AvgIpc) is 2.93. The maximum atomic E-state index is 12.2. The number of carbonyl (C=O) groups is 1. The first-order valence-electron chi connectivity index (χ1n) is 7.65. The molecule has 0 spiro atoms. The minimum absolute atomic E-state index is 0.0404. The molecule has 1 aliphatic rings. The van der Waals surface area contributed by atoms with Crippen LogP contribution in [0.3, 0.4) is 0 Å². The number of rotatable bonds is 6. The minimum Gasteiger partial charge on any atom is -0.458 e. The monoisotopic (exact) mass is 346 g/mol. The minimum atomic E-state index is -0.834. The SMILES string of the molecule is C=C(C)C1CCC(C)=C1COC(=O)c1cc([N+](=O)[O-])cc([N+](=O)[O-])c1. The highest BCUT2D eigenvalue weighted by atomic mass is 16.6. The Labute approximate surface area is 144 Å². The first kappa shape index (κ1) is 18.3. The Morgan fingerprint density at radius 3 is 2.28 bits per heavy atom. The van der Waals surface area contributed by atoms with E-state index < -0.39 is 27.2 Å². The van der Waals surface area contributed by atoms with Crippen LogP contribution in [0.2, 0.25) is 0 Å². The molecule has 25 heavy (non-hydrogen) atoms. The molecule has 1 unspecified atom stereocenters. The third-order valence-electron chi connectivity index (χ3n) is 4.29. The van der Waals surface area contributed by atoms with Gasteiger partial charge in [0.2, 0.25) is 0 Å². The van der Waals surface area contributed by atoms with Crippen LogP contribution in [0.25, 0.3) is 0 Å². The lowest BCUT2D eigenvalue weighted by Gasteiger charge is -2.15. The van der Waals surface area contributed by atoms with E-state index >= 15 is 0 Å². The molecule has 0 fully saturated rings. The van der Waals surface area contributed by atoms with Gasteiger partial charge in [0.15, 0.2) is 0 Å². The van der Waals surface area contributed by atoms with Gasteiger partial charge in [0.1, 0.15) is 6.61 Å². The number of nitro groups is 2. The number of non-ortho nitro benzene ring substituents is 2. The van der Waals surface area contributed by atoms with E-state index in [4.69, 9.17) is 4.74 Å². The van der Waals surface area contributed by atoms with E-state index in [0.29, 0.717) is 0 Å². The number of hydrogen-bond acceptors (Lipinski definition) is 6. The maximum absolute atomic E-state index is 12.2. The molecule has 0 amide bonds. The van der Waals surface area contributed by atoms with Gasteiger partial charge in [-0.25, -0.2) is 4.79 Å². The molecule has 0 N–H and O–H groups in total. The molecule has 8 heteroatoms. The van der Waals surface area contributed by atoms with Gasteiger partial charge >= 0.3 is 5.97 Å². The number of carbonyl (C=O) groups excluding carboxylic acids is 1. The summed E-state index contributed by atoms with van der Waals surface area (Å²) in [6, 6.07) is 2.75. The highest BCUT2D eigenvalue weighted by Crippen LogP contribution is 2.36. The van der Waals surface area contributed by atoms with E-state index in [1.54, 1.807) is 0 Å². The van der Waals surface area contributed by atoms with Gasteiger partial charge in [0.05, 0.1) is 21.5 Å². The fraction of sp³-hybridized carbons (Fsp3) is 0.353. The lowest BCUT2D eigenvalue weighted by atomic mass is 9.94. The number of nitro benzene ring substituents is 2. The van der Waals surface area contributed by atoms with Crippen LogP contribution in [0.5, 0.6) is 0 Å². The summed E-state index contributed by atoms with van der Waals surface area (Å²) in [6.45, 7) is 7.86. The molecule has 0 saturated carbocycles. The molecule has 0 bridgehead atoms. The zero-order valence-electron chi connectivity index (χ0n) is 14.0. The van der Waals surface area contributed by atoms with Gasteiger partial charge in [0.25, 0.3) is 11.4 Å². The Balaban J connectivity index is 2.21. The van der Waals surface area contributed by atoms with Crippen LogP contribution >= 0.6 is 0 Å². The fourth-order valence-corrected chi connectivity index (χ4v) is 2.91. The summed E-state index contributed by atoms with van der Waals surface area (Å²) in [6.07, 6.45) is 1.81. The third kappa shape index (κ3) is 4.09. The lowest BCUT2D eigenvalue weighted by Crippen LogP contribution is -2.13. The number of esters is 1. The van der Waals surface area contributed by atoms with Crippen molar-refractivity contribution in [2.24, 2.45) is 5.92 Å². The van der Waals surface area contributed by atoms with Crippen LogP contribution in [0.4, 0.5) is 11.4 Å². The van der Waals surface area contributed by atoms with Crippen molar-refractivity contribution in [1.29, 1.82) is 0 Å². The van der Waals surface area contributed by atoms with Crippen molar-refractivity contribution >= 4 is 17.3 Å². The van der Waals surface area contributed by atoms with Crippen molar-refractivity contribution < 1.29 is 19.4 Å². The van der Waals surface area contributed by atoms with Crippen LogP contribution in [-0.4, -0.2) is 22.4 Å². The Hall–Kier alpha value is -3.03. The molecule has 0 aromatic heterocycles. The van der Waals surface area contributed by atoms with Gasteiger partial charge in [-0.2, -0.15) is 0 Å². The van der Waals surface area contributed by atoms with Crippen LogP contribution in [-0.2, 0) is 4.74 Å². The van der Waals surface area contributed by atoms with Crippen molar-refractivity contribution in [2.45, 2.75) is 26.7 Å². The Bertz CT molecular complexity index is 764. The van der Waals surface area contributed by atoms with Crippen molar-refractivity contribution in [3.8, 4) is 0 Å². The number of nitrogens with zero attached hydrogens (tertiary/aromatic N) is 2. The van der Waals surface area contributed by atoms with Gasteiger partial charge in [-0.05, 0) is 32.3 Å². The molecular formula is C17H18N2O6. The molecule has 1 aromatic rings. The standard InChI is InChI=1S/C17H18N2O6/c1-10(2)15-5-4-11(3)16(15)9-25-17(20)12-6-13(18(21)22)8-14(7-12)19(23)24/h6-8,15H,1,4-5,9H2,2-3H3. The molecule has 2 rings (SSSR count). The van der Waals surface area contributed by atoms with E-state index in [-0.39, 0.29) is 18.1 Å². The Morgan fingerprint density at radius 2 is 1.80 bits per heavy atom. The molecule has 1 aromatic carbocycles. The molecule has 0 saturated heterocycles.